The van der Waals surface area contributed by atoms with Crippen LogP contribution in [0.1, 0.15) is 56.1 Å². The summed E-state index contributed by atoms with van der Waals surface area (Å²) in [5.41, 5.74) is 8.05. The van der Waals surface area contributed by atoms with Gasteiger partial charge < -0.3 is 10.5 Å². The van der Waals surface area contributed by atoms with Gasteiger partial charge in [-0.05, 0) is 62.5 Å². The van der Waals surface area contributed by atoms with Crippen LogP contribution >= 0.6 is 0 Å². The van der Waals surface area contributed by atoms with Crippen LogP contribution in [0.15, 0.2) is 6.20 Å². The summed E-state index contributed by atoms with van der Waals surface area (Å²) in [7, 11) is 1.81. The van der Waals surface area contributed by atoms with E-state index in [0.29, 0.717) is 11.8 Å². The van der Waals surface area contributed by atoms with Crippen LogP contribution in [0.4, 0.5) is 0 Å². The molecule has 3 rings (SSSR count). The number of rotatable bonds is 3. The third kappa shape index (κ3) is 2.84. The fourth-order valence-corrected chi connectivity index (χ4v) is 3.99. The Kier molecular flexibility index (Phi) is 4.27. The molecule has 116 valence electrons. The molecule has 0 amide bonds. The third-order valence-corrected chi connectivity index (χ3v) is 5.34. The second-order valence-corrected chi connectivity index (χ2v) is 6.91. The van der Waals surface area contributed by atoms with E-state index in [1.54, 1.807) is 0 Å². The zero-order valence-corrected chi connectivity index (χ0v) is 13.3. The van der Waals surface area contributed by atoms with Gasteiger partial charge in [-0.25, -0.2) is 9.97 Å². The van der Waals surface area contributed by atoms with E-state index in [2.05, 4.69) is 11.9 Å². The van der Waals surface area contributed by atoms with Crippen LogP contribution in [0.25, 0.3) is 0 Å². The van der Waals surface area contributed by atoms with Gasteiger partial charge in [-0.2, -0.15) is 0 Å². The zero-order valence-electron chi connectivity index (χ0n) is 13.3. The van der Waals surface area contributed by atoms with Gasteiger partial charge in [0.25, 0.3) is 0 Å². The number of nitrogens with two attached hydrogens (primary N) is 1. The Morgan fingerprint density at radius 1 is 1.43 bits per heavy atom. The predicted octanol–water partition coefficient (Wildman–Crippen LogP) is 2.59. The van der Waals surface area contributed by atoms with Crippen molar-refractivity contribution >= 4 is 0 Å². The summed E-state index contributed by atoms with van der Waals surface area (Å²) in [6.07, 6.45) is 9.80. The van der Waals surface area contributed by atoms with Crippen molar-refractivity contribution in [1.29, 1.82) is 0 Å². The topological polar surface area (TPSA) is 61.0 Å². The molecular formula is C17H27N3O. The molecule has 2 aliphatic carbocycles. The van der Waals surface area contributed by atoms with Gasteiger partial charge in [0.15, 0.2) is 5.82 Å². The van der Waals surface area contributed by atoms with Gasteiger partial charge in [-0.3, -0.25) is 0 Å². The van der Waals surface area contributed by atoms with Crippen molar-refractivity contribution in [3.05, 3.63) is 23.3 Å². The van der Waals surface area contributed by atoms with E-state index in [1.165, 1.54) is 24.1 Å². The lowest BCUT2D eigenvalue weighted by molar-refractivity contribution is -0.0648. The minimum atomic E-state index is -0.266. The number of hydrogen-bond donors (Lipinski definition) is 1. The molecular weight excluding hydrogens is 262 g/mol. The molecule has 2 aliphatic rings. The normalized spacial score (nSPS) is 32.7. The molecule has 1 aromatic heterocycles. The molecule has 1 heterocycles. The van der Waals surface area contributed by atoms with Gasteiger partial charge in [0.2, 0.25) is 0 Å². The second kappa shape index (κ2) is 6.01. The van der Waals surface area contributed by atoms with Crippen molar-refractivity contribution in [3.8, 4) is 0 Å². The van der Waals surface area contributed by atoms with Crippen LogP contribution in [-0.4, -0.2) is 23.6 Å². The molecule has 3 atom stereocenters. The van der Waals surface area contributed by atoms with Crippen molar-refractivity contribution in [2.24, 2.45) is 17.6 Å². The Morgan fingerprint density at radius 2 is 2.29 bits per heavy atom. The summed E-state index contributed by atoms with van der Waals surface area (Å²) in [5, 5.41) is 0. The molecule has 3 unspecified atom stereocenters. The highest BCUT2D eigenvalue weighted by Gasteiger charge is 2.39. The first-order valence-electron chi connectivity index (χ1n) is 8.27. The summed E-state index contributed by atoms with van der Waals surface area (Å²) in [5.74, 6) is 2.18. The number of nitrogens with zero attached hydrogens (tertiary/aromatic N) is 2. The standard InChI is InChI=1S/C17H27N3O/c1-12-4-3-7-17(9-12,21-2)16-19-11-14-8-13(10-18)5-6-15(14)20-16/h11-13H,3-10,18H2,1-2H3. The van der Waals surface area contributed by atoms with Gasteiger partial charge in [-0.15, -0.1) is 0 Å². The SMILES string of the molecule is COC1(c2ncc3c(n2)CCC(CN)C3)CCCC(C)C1. The minimum absolute atomic E-state index is 0.266. The molecule has 0 aromatic carbocycles. The maximum atomic E-state index is 5.92. The number of methoxy groups -OCH3 is 1. The molecule has 0 saturated heterocycles. The first-order chi connectivity index (χ1) is 10.2. The highest BCUT2D eigenvalue weighted by Crippen LogP contribution is 2.41. The van der Waals surface area contributed by atoms with Crippen molar-refractivity contribution in [1.82, 2.24) is 9.97 Å². The van der Waals surface area contributed by atoms with Crippen LogP contribution in [0.5, 0.6) is 0 Å². The van der Waals surface area contributed by atoms with E-state index in [0.717, 1.165) is 44.5 Å². The van der Waals surface area contributed by atoms with Gasteiger partial charge >= 0.3 is 0 Å². The number of fused-ring (bicyclic) bond motifs is 1. The number of aryl methyl sites for hydroxylation is 1. The average Bonchev–Trinajstić information content (AvgIpc) is 2.53. The highest BCUT2D eigenvalue weighted by molar-refractivity contribution is 5.23. The molecule has 1 fully saturated rings. The molecule has 0 spiro atoms. The summed E-state index contributed by atoms with van der Waals surface area (Å²) in [4.78, 5) is 9.59. The molecule has 0 bridgehead atoms. The summed E-state index contributed by atoms with van der Waals surface area (Å²) >= 11 is 0. The predicted molar refractivity (Wildman–Crippen MR) is 82.9 cm³/mol. The van der Waals surface area contributed by atoms with Crippen LogP contribution in [0, 0.1) is 11.8 Å². The number of hydrogen-bond acceptors (Lipinski definition) is 4. The monoisotopic (exact) mass is 289 g/mol. The second-order valence-electron chi connectivity index (χ2n) is 6.91. The molecule has 4 nitrogen and oxygen atoms in total. The quantitative estimate of drug-likeness (QED) is 0.929. The molecule has 2 N–H and O–H groups in total. The maximum absolute atomic E-state index is 5.92. The Labute approximate surface area is 127 Å². The fraction of sp³-hybridized carbons (Fsp3) is 0.765. The lowest BCUT2D eigenvalue weighted by Gasteiger charge is -2.38. The van der Waals surface area contributed by atoms with Crippen molar-refractivity contribution in [2.75, 3.05) is 13.7 Å². The number of ether oxygens (including phenoxy) is 1. The molecule has 0 aliphatic heterocycles. The van der Waals surface area contributed by atoms with E-state index in [9.17, 15) is 0 Å². The molecule has 1 aromatic rings. The van der Waals surface area contributed by atoms with Crippen molar-refractivity contribution < 1.29 is 4.74 Å². The first kappa shape index (κ1) is 14.9. The lowest BCUT2D eigenvalue weighted by atomic mass is 9.78. The lowest BCUT2D eigenvalue weighted by Crippen LogP contribution is -2.36. The van der Waals surface area contributed by atoms with Gasteiger partial charge in [0.05, 0.1) is 0 Å². The van der Waals surface area contributed by atoms with E-state index in [1.807, 2.05) is 13.3 Å². The van der Waals surface area contributed by atoms with Crippen LogP contribution in [0.3, 0.4) is 0 Å². The largest absolute Gasteiger partial charge is 0.370 e. The molecule has 1 saturated carbocycles. The fourth-order valence-electron chi connectivity index (χ4n) is 3.99. The molecule has 0 radical (unpaired) electrons. The minimum Gasteiger partial charge on any atom is -0.370 e. The van der Waals surface area contributed by atoms with Crippen molar-refractivity contribution in [3.63, 3.8) is 0 Å². The summed E-state index contributed by atoms with van der Waals surface area (Å²) in [6.45, 7) is 3.07. The van der Waals surface area contributed by atoms with Gasteiger partial charge in [0.1, 0.15) is 5.60 Å². The number of aromatic nitrogens is 2. The smallest absolute Gasteiger partial charge is 0.160 e. The van der Waals surface area contributed by atoms with Crippen LogP contribution in [-0.2, 0) is 23.2 Å². The molecule has 4 heteroatoms. The van der Waals surface area contributed by atoms with Gasteiger partial charge in [-0.1, -0.05) is 13.3 Å². The van der Waals surface area contributed by atoms with Crippen molar-refractivity contribution in [2.45, 2.75) is 57.5 Å². The Bertz CT molecular complexity index is 505. The van der Waals surface area contributed by atoms with E-state index >= 15 is 0 Å². The summed E-state index contributed by atoms with van der Waals surface area (Å²) < 4.78 is 5.92. The van der Waals surface area contributed by atoms with Gasteiger partial charge in [0, 0.05) is 19.0 Å². The Balaban J connectivity index is 1.89. The average molecular weight is 289 g/mol. The first-order valence-corrected chi connectivity index (χ1v) is 8.27. The Morgan fingerprint density at radius 3 is 3.00 bits per heavy atom. The maximum Gasteiger partial charge on any atom is 0.160 e. The van der Waals surface area contributed by atoms with E-state index in [4.69, 9.17) is 15.5 Å². The van der Waals surface area contributed by atoms with Crippen LogP contribution in [0.2, 0.25) is 0 Å². The Hall–Kier alpha value is -1.00. The van der Waals surface area contributed by atoms with E-state index in [-0.39, 0.29) is 5.60 Å². The highest BCUT2D eigenvalue weighted by atomic mass is 16.5. The molecule has 21 heavy (non-hydrogen) atoms. The van der Waals surface area contributed by atoms with Crippen LogP contribution < -0.4 is 5.73 Å². The van der Waals surface area contributed by atoms with E-state index < -0.39 is 0 Å². The summed E-state index contributed by atoms with van der Waals surface area (Å²) in [6, 6.07) is 0. The zero-order chi connectivity index (χ0) is 14.9. The third-order valence-electron chi connectivity index (χ3n) is 5.34.